The van der Waals surface area contributed by atoms with Crippen LogP contribution in [0.4, 0.5) is 4.79 Å². The number of benzene rings is 1. The molecule has 2 atom stereocenters. The zero-order chi connectivity index (χ0) is 19.5. The summed E-state index contributed by atoms with van der Waals surface area (Å²) in [7, 11) is 0. The van der Waals surface area contributed by atoms with Gasteiger partial charge in [-0.25, -0.2) is 4.79 Å². The van der Waals surface area contributed by atoms with Gasteiger partial charge in [-0.05, 0) is 5.56 Å². The van der Waals surface area contributed by atoms with Gasteiger partial charge in [-0.3, -0.25) is 14.4 Å². The van der Waals surface area contributed by atoms with E-state index in [0.717, 1.165) is 5.56 Å². The molecule has 0 spiro atoms. The number of amides is 3. The summed E-state index contributed by atoms with van der Waals surface area (Å²) in [5.74, 6) is -3.09. The van der Waals surface area contributed by atoms with E-state index in [9.17, 15) is 24.3 Å². The number of hydrogen-bond acceptors (Lipinski definition) is 6. The summed E-state index contributed by atoms with van der Waals surface area (Å²) in [6.07, 6.45) is -3.14. The zero-order valence-corrected chi connectivity index (χ0v) is 13.9. The van der Waals surface area contributed by atoms with Gasteiger partial charge >= 0.3 is 12.1 Å². The van der Waals surface area contributed by atoms with E-state index in [-0.39, 0.29) is 13.2 Å². The molecule has 1 rings (SSSR count). The maximum Gasteiger partial charge on any atom is 0.407 e. The normalized spacial score (nSPS) is 12.5. The SMILES string of the molecule is NC(=O)[C@@H](CC(=O)O)NC(=O)C[C@@H](O)CNC(=O)OCc1ccccc1. The lowest BCUT2D eigenvalue weighted by Crippen LogP contribution is -2.47. The van der Waals surface area contributed by atoms with Gasteiger partial charge in [0.1, 0.15) is 12.6 Å². The first-order valence-electron chi connectivity index (χ1n) is 7.71. The van der Waals surface area contributed by atoms with Gasteiger partial charge in [0.25, 0.3) is 0 Å². The van der Waals surface area contributed by atoms with Crippen LogP contribution in [0.5, 0.6) is 0 Å². The molecule has 1 aromatic rings. The van der Waals surface area contributed by atoms with E-state index in [1.807, 2.05) is 6.07 Å². The summed E-state index contributed by atoms with van der Waals surface area (Å²) in [5, 5.41) is 22.8. The first kappa shape index (κ1) is 20.9. The third-order valence-corrected chi connectivity index (χ3v) is 3.17. The quantitative estimate of drug-likeness (QED) is 0.357. The highest BCUT2D eigenvalue weighted by Gasteiger charge is 2.22. The van der Waals surface area contributed by atoms with Crippen molar-refractivity contribution >= 4 is 23.9 Å². The molecule has 0 heterocycles. The van der Waals surface area contributed by atoms with Gasteiger partial charge in [0.05, 0.1) is 18.9 Å². The Morgan fingerprint density at radius 2 is 1.77 bits per heavy atom. The number of aliphatic hydroxyl groups excluding tert-OH is 1. The van der Waals surface area contributed by atoms with Gasteiger partial charge in [-0.15, -0.1) is 0 Å². The average molecular weight is 367 g/mol. The Kier molecular flexibility index (Phi) is 8.58. The minimum Gasteiger partial charge on any atom is -0.481 e. The lowest BCUT2D eigenvalue weighted by molar-refractivity contribution is -0.140. The number of aliphatic carboxylic acids is 1. The molecule has 0 radical (unpaired) electrons. The average Bonchev–Trinajstić information content (AvgIpc) is 2.58. The Morgan fingerprint density at radius 1 is 1.12 bits per heavy atom. The maximum absolute atomic E-state index is 11.7. The van der Waals surface area contributed by atoms with Crippen LogP contribution in [0.2, 0.25) is 0 Å². The van der Waals surface area contributed by atoms with Crippen molar-refractivity contribution in [1.82, 2.24) is 10.6 Å². The number of nitrogens with one attached hydrogen (secondary N) is 2. The van der Waals surface area contributed by atoms with Crippen LogP contribution < -0.4 is 16.4 Å². The number of carboxylic acids is 1. The minimum atomic E-state index is -1.38. The Labute approximate surface area is 149 Å². The topological polar surface area (TPSA) is 168 Å². The molecule has 0 aromatic heterocycles. The Morgan fingerprint density at radius 3 is 2.35 bits per heavy atom. The summed E-state index contributed by atoms with van der Waals surface area (Å²) >= 11 is 0. The molecule has 1 aromatic carbocycles. The van der Waals surface area contributed by atoms with Gasteiger partial charge in [-0.1, -0.05) is 30.3 Å². The summed E-state index contributed by atoms with van der Waals surface area (Å²) in [5.41, 5.74) is 5.78. The third-order valence-electron chi connectivity index (χ3n) is 3.17. The molecular formula is C16H21N3O7. The molecule has 0 aliphatic carbocycles. The van der Waals surface area contributed by atoms with E-state index in [2.05, 4.69) is 10.6 Å². The van der Waals surface area contributed by atoms with Crippen LogP contribution >= 0.6 is 0 Å². The molecule has 0 unspecified atom stereocenters. The molecule has 10 heteroatoms. The van der Waals surface area contributed by atoms with Crippen LogP contribution in [0, 0.1) is 0 Å². The van der Waals surface area contributed by atoms with Crippen LogP contribution in [-0.2, 0) is 25.7 Å². The van der Waals surface area contributed by atoms with Crippen molar-refractivity contribution in [1.29, 1.82) is 0 Å². The van der Waals surface area contributed by atoms with Crippen molar-refractivity contribution in [2.75, 3.05) is 6.54 Å². The lowest BCUT2D eigenvalue weighted by atomic mass is 10.1. The fourth-order valence-electron chi connectivity index (χ4n) is 1.91. The Hall–Kier alpha value is -3.14. The van der Waals surface area contributed by atoms with Crippen molar-refractivity contribution in [3.05, 3.63) is 35.9 Å². The number of rotatable bonds is 10. The molecule has 10 nitrogen and oxygen atoms in total. The number of hydrogen-bond donors (Lipinski definition) is 5. The van der Waals surface area contributed by atoms with Crippen LogP contribution in [0.15, 0.2) is 30.3 Å². The predicted octanol–water partition coefficient (Wildman–Crippen LogP) is -0.891. The second kappa shape index (κ2) is 10.7. The summed E-state index contributed by atoms with van der Waals surface area (Å²) in [6, 6.07) is 7.59. The fourth-order valence-corrected chi connectivity index (χ4v) is 1.91. The highest BCUT2D eigenvalue weighted by Crippen LogP contribution is 2.01. The minimum absolute atomic E-state index is 0.0543. The molecule has 0 fully saturated rings. The van der Waals surface area contributed by atoms with E-state index in [4.69, 9.17) is 15.6 Å². The number of alkyl carbamates (subject to hydrolysis) is 1. The van der Waals surface area contributed by atoms with Gasteiger partial charge in [-0.2, -0.15) is 0 Å². The molecule has 0 saturated carbocycles. The molecule has 142 valence electrons. The smallest absolute Gasteiger partial charge is 0.407 e. The first-order valence-corrected chi connectivity index (χ1v) is 7.71. The van der Waals surface area contributed by atoms with Crippen LogP contribution in [0.3, 0.4) is 0 Å². The van der Waals surface area contributed by atoms with E-state index < -0.39 is 48.9 Å². The largest absolute Gasteiger partial charge is 0.481 e. The molecule has 0 bridgehead atoms. The molecule has 0 aliphatic rings. The molecular weight excluding hydrogens is 346 g/mol. The van der Waals surface area contributed by atoms with Gasteiger partial charge in [0.2, 0.25) is 11.8 Å². The fraction of sp³-hybridized carbons (Fsp3) is 0.375. The number of carbonyl (C=O) groups is 4. The lowest BCUT2D eigenvalue weighted by Gasteiger charge is -2.16. The molecule has 0 saturated heterocycles. The number of ether oxygens (including phenoxy) is 1. The Balaban J connectivity index is 2.30. The van der Waals surface area contributed by atoms with Gasteiger partial charge < -0.3 is 31.3 Å². The van der Waals surface area contributed by atoms with Gasteiger partial charge in [0, 0.05) is 6.54 Å². The van der Waals surface area contributed by atoms with Crippen molar-refractivity contribution in [3.8, 4) is 0 Å². The second-order valence-corrected chi connectivity index (χ2v) is 5.42. The highest BCUT2D eigenvalue weighted by atomic mass is 16.5. The summed E-state index contributed by atoms with van der Waals surface area (Å²) in [6.45, 7) is -0.208. The molecule has 0 aliphatic heterocycles. The second-order valence-electron chi connectivity index (χ2n) is 5.42. The van der Waals surface area contributed by atoms with Crippen LogP contribution in [0.25, 0.3) is 0 Å². The van der Waals surface area contributed by atoms with Crippen molar-refractivity contribution in [3.63, 3.8) is 0 Å². The number of carboxylic acid groups (broad SMARTS) is 1. The first-order chi connectivity index (χ1) is 12.3. The van der Waals surface area contributed by atoms with E-state index >= 15 is 0 Å². The zero-order valence-electron chi connectivity index (χ0n) is 13.9. The van der Waals surface area contributed by atoms with Crippen LogP contribution in [-0.4, -0.2) is 52.8 Å². The summed E-state index contributed by atoms with van der Waals surface area (Å²) < 4.78 is 4.94. The monoisotopic (exact) mass is 367 g/mol. The highest BCUT2D eigenvalue weighted by molar-refractivity contribution is 5.89. The van der Waals surface area contributed by atoms with Crippen molar-refractivity contribution in [2.24, 2.45) is 5.73 Å². The van der Waals surface area contributed by atoms with E-state index in [0.29, 0.717) is 0 Å². The third kappa shape index (κ3) is 8.64. The van der Waals surface area contributed by atoms with Crippen molar-refractivity contribution in [2.45, 2.75) is 31.6 Å². The van der Waals surface area contributed by atoms with Crippen molar-refractivity contribution < 1.29 is 34.1 Å². The number of carbonyl (C=O) groups excluding carboxylic acids is 3. The predicted molar refractivity (Wildman–Crippen MR) is 88.6 cm³/mol. The molecule has 3 amide bonds. The number of primary amides is 1. The standard InChI is InChI=1S/C16H21N3O7/c17-15(24)12(7-14(22)23)19-13(21)6-11(20)8-18-16(25)26-9-10-4-2-1-3-5-10/h1-5,11-12,20H,6-9H2,(H2,17,24)(H,18,25)(H,19,21)(H,22,23)/t11-,12-/m1/s1. The Bertz CT molecular complexity index is 636. The molecule has 26 heavy (non-hydrogen) atoms. The molecule has 6 N–H and O–H groups in total. The van der Waals surface area contributed by atoms with Crippen LogP contribution in [0.1, 0.15) is 18.4 Å². The van der Waals surface area contributed by atoms with E-state index in [1.165, 1.54) is 0 Å². The summed E-state index contributed by atoms with van der Waals surface area (Å²) in [4.78, 5) is 44.9. The maximum atomic E-state index is 11.7. The number of nitrogens with two attached hydrogens (primary N) is 1. The number of aliphatic hydroxyl groups is 1. The van der Waals surface area contributed by atoms with Gasteiger partial charge in [0.15, 0.2) is 0 Å². The van der Waals surface area contributed by atoms with E-state index in [1.54, 1.807) is 24.3 Å².